The van der Waals surface area contributed by atoms with Crippen LogP contribution in [0.5, 0.6) is 0 Å². The van der Waals surface area contributed by atoms with Crippen molar-refractivity contribution in [3.63, 3.8) is 0 Å². The summed E-state index contributed by atoms with van der Waals surface area (Å²) in [4.78, 5) is 0. The van der Waals surface area contributed by atoms with E-state index >= 15 is 0 Å². The van der Waals surface area contributed by atoms with Crippen molar-refractivity contribution < 1.29 is 0 Å². The first-order valence-corrected chi connectivity index (χ1v) is 5.61. The van der Waals surface area contributed by atoms with Gasteiger partial charge in [-0.25, -0.2) is 0 Å². The number of nitrogen functional groups attached to an aromatic ring is 1. The summed E-state index contributed by atoms with van der Waals surface area (Å²) in [5.74, 6) is 0. The van der Waals surface area contributed by atoms with E-state index in [9.17, 15) is 0 Å². The SMILES string of the molecule is C=C(Nc1ccccc1)c1cc(N)ccc1Cl. The second-order valence-electron chi connectivity index (χ2n) is 3.71. The Balaban J connectivity index is 2.23. The van der Waals surface area contributed by atoms with E-state index in [-0.39, 0.29) is 0 Å². The summed E-state index contributed by atoms with van der Waals surface area (Å²) in [5.41, 5.74) is 8.91. The molecular formula is C14H13ClN2. The van der Waals surface area contributed by atoms with E-state index in [1.807, 2.05) is 30.3 Å². The monoisotopic (exact) mass is 244 g/mol. The van der Waals surface area contributed by atoms with Crippen molar-refractivity contribution >= 4 is 28.7 Å². The number of benzene rings is 2. The van der Waals surface area contributed by atoms with E-state index in [0.717, 1.165) is 16.9 Å². The minimum Gasteiger partial charge on any atom is -0.399 e. The quantitative estimate of drug-likeness (QED) is 0.801. The zero-order valence-electron chi connectivity index (χ0n) is 9.28. The van der Waals surface area contributed by atoms with Gasteiger partial charge in [0, 0.05) is 22.6 Å². The van der Waals surface area contributed by atoms with E-state index in [0.29, 0.717) is 10.7 Å². The number of nitrogens with two attached hydrogens (primary N) is 1. The lowest BCUT2D eigenvalue weighted by atomic mass is 10.1. The highest BCUT2D eigenvalue weighted by atomic mass is 35.5. The number of para-hydroxylation sites is 1. The molecule has 2 nitrogen and oxygen atoms in total. The van der Waals surface area contributed by atoms with Gasteiger partial charge in [0.15, 0.2) is 0 Å². The van der Waals surface area contributed by atoms with Gasteiger partial charge in [-0.2, -0.15) is 0 Å². The van der Waals surface area contributed by atoms with Crippen molar-refractivity contribution in [1.82, 2.24) is 0 Å². The zero-order valence-corrected chi connectivity index (χ0v) is 10.0. The fourth-order valence-electron chi connectivity index (χ4n) is 1.54. The summed E-state index contributed by atoms with van der Waals surface area (Å²) >= 11 is 6.10. The molecule has 0 heterocycles. The van der Waals surface area contributed by atoms with Crippen molar-refractivity contribution in [1.29, 1.82) is 0 Å². The Morgan fingerprint density at radius 1 is 1.12 bits per heavy atom. The van der Waals surface area contributed by atoms with Crippen molar-refractivity contribution in [2.45, 2.75) is 0 Å². The van der Waals surface area contributed by atoms with Crippen LogP contribution in [0.2, 0.25) is 5.02 Å². The molecule has 0 aliphatic rings. The van der Waals surface area contributed by atoms with Gasteiger partial charge in [0.2, 0.25) is 0 Å². The third kappa shape index (κ3) is 2.80. The van der Waals surface area contributed by atoms with E-state index in [1.165, 1.54) is 0 Å². The van der Waals surface area contributed by atoms with Crippen LogP contribution in [-0.2, 0) is 0 Å². The number of anilines is 2. The van der Waals surface area contributed by atoms with E-state index < -0.39 is 0 Å². The molecule has 0 saturated carbocycles. The molecule has 0 amide bonds. The highest BCUT2D eigenvalue weighted by molar-refractivity contribution is 6.32. The van der Waals surface area contributed by atoms with Crippen LogP contribution in [0.1, 0.15) is 5.56 Å². The average molecular weight is 245 g/mol. The van der Waals surface area contributed by atoms with Crippen LogP contribution in [-0.4, -0.2) is 0 Å². The van der Waals surface area contributed by atoms with Crippen LogP contribution < -0.4 is 11.1 Å². The van der Waals surface area contributed by atoms with Gasteiger partial charge in [-0.05, 0) is 30.3 Å². The molecule has 0 saturated heterocycles. The highest BCUT2D eigenvalue weighted by Gasteiger charge is 2.05. The van der Waals surface area contributed by atoms with Crippen LogP contribution in [0.3, 0.4) is 0 Å². The van der Waals surface area contributed by atoms with E-state index in [2.05, 4.69) is 11.9 Å². The Labute approximate surface area is 106 Å². The minimum atomic E-state index is 0.632. The summed E-state index contributed by atoms with van der Waals surface area (Å²) in [6, 6.07) is 15.1. The Morgan fingerprint density at radius 3 is 2.53 bits per heavy atom. The van der Waals surface area contributed by atoms with Crippen molar-refractivity contribution in [2.75, 3.05) is 11.1 Å². The molecule has 0 aliphatic heterocycles. The third-order valence-corrected chi connectivity index (χ3v) is 2.71. The molecule has 17 heavy (non-hydrogen) atoms. The lowest BCUT2D eigenvalue weighted by Gasteiger charge is -2.11. The predicted molar refractivity (Wildman–Crippen MR) is 75.0 cm³/mol. The molecule has 0 bridgehead atoms. The lowest BCUT2D eigenvalue weighted by Crippen LogP contribution is -1.99. The second kappa shape index (κ2) is 4.93. The van der Waals surface area contributed by atoms with Crippen molar-refractivity contribution in [2.24, 2.45) is 0 Å². The van der Waals surface area contributed by atoms with Gasteiger partial charge in [0.05, 0.1) is 5.02 Å². The first kappa shape index (κ1) is 11.6. The molecular weight excluding hydrogens is 232 g/mol. The lowest BCUT2D eigenvalue weighted by molar-refractivity contribution is 1.54. The van der Waals surface area contributed by atoms with Crippen molar-refractivity contribution in [3.05, 3.63) is 65.7 Å². The summed E-state index contributed by atoms with van der Waals surface area (Å²) < 4.78 is 0. The normalized spacial score (nSPS) is 9.94. The van der Waals surface area contributed by atoms with Gasteiger partial charge < -0.3 is 11.1 Å². The molecule has 3 N–H and O–H groups in total. The second-order valence-corrected chi connectivity index (χ2v) is 4.12. The summed E-state index contributed by atoms with van der Waals surface area (Å²) in [6.07, 6.45) is 0. The van der Waals surface area contributed by atoms with Gasteiger partial charge in [0.25, 0.3) is 0 Å². The van der Waals surface area contributed by atoms with Crippen LogP contribution in [0, 0.1) is 0 Å². The number of nitrogens with one attached hydrogen (secondary N) is 1. The van der Waals surface area contributed by atoms with Gasteiger partial charge in [-0.15, -0.1) is 0 Å². The number of hydrogen-bond donors (Lipinski definition) is 2. The zero-order chi connectivity index (χ0) is 12.3. The summed E-state index contributed by atoms with van der Waals surface area (Å²) in [7, 11) is 0. The van der Waals surface area contributed by atoms with E-state index in [4.69, 9.17) is 17.3 Å². The number of rotatable bonds is 3. The van der Waals surface area contributed by atoms with Crippen LogP contribution in [0.4, 0.5) is 11.4 Å². The standard InChI is InChI=1S/C14H13ClN2/c1-10(17-12-5-3-2-4-6-12)13-9-11(16)7-8-14(13)15/h2-9,17H,1,16H2. The van der Waals surface area contributed by atoms with Gasteiger partial charge in [-0.1, -0.05) is 36.4 Å². The van der Waals surface area contributed by atoms with Crippen molar-refractivity contribution in [3.8, 4) is 0 Å². The largest absolute Gasteiger partial charge is 0.399 e. The van der Waals surface area contributed by atoms with Crippen LogP contribution in [0.25, 0.3) is 5.70 Å². The molecule has 0 spiro atoms. The van der Waals surface area contributed by atoms with Crippen LogP contribution >= 0.6 is 11.6 Å². The maximum Gasteiger partial charge on any atom is 0.0500 e. The molecule has 0 aromatic heterocycles. The molecule has 3 heteroatoms. The highest BCUT2D eigenvalue weighted by Crippen LogP contribution is 2.26. The molecule has 0 unspecified atom stereocenters. The first-order chi connectivity index (χ1) is 8.16. The Morgan fingerprint density at radius 2 is 1.82 bits per heavy atom. The smallest absolute Gasteiger partial charge is 0.0500 e. The van der Waals surface area contributed by atoms with E-state index in [1.54, 1.807) is 18.2 Å². The molecule has 2 rings (SSSR count). The molecule has 2 aromatic carbocycles. The molecule has 0 aliphatic carbocycles. The maximum atomic E-state index is 6.10. The number of halogens is 1. The van der Waals surface area contributed by atoms with Gasteiger partial charge in [-0.3, -0.25) is 0 Å². The molecule has 0 radical (unpaired) electrons. The first-order valence-electron chi connectivity index (χ1n) is 5.23. The Bertz CT molecular complexity index is 535. The summed E-state index contributed by atoms with van der Waals surface area (Å²) in [6.45, 7) is 3.97. The average Bonchev–Trinajstić information content (AvgIpc) is 2.33. The van der Waals surface area contributed by atoms with Gasteiger partial charge in [0.1, 0.15) is 0 Å². The number of hydrogen-bond acceptors (Lipinski definition) is 2. The molecule has 0 fully saturated rings. The maximum absolute atomic E-state index is 6.10. The fourth-order valence-corrected chi connectivity index (χ4v) is 1.77. The molecule has 86 valence electrons. The van der Waals surface area contributed by atoms with Crippen LogP contribution in [0.15, 0.2) is 55.1 Å². The minimum absolute atomic E-state index is 0.632. The molecule has 2 aromatic rings. The summed E-state index contributed by atoms with van der Waals surface area (Å²) in [5, 5.41) is 3.82. The fraction of sp³-hybridized carbons (Fsp3) is 0. The Hall–Kier alpha value is -1.93. The molecule has 0 atom stereocenters. The topological polar surface area (TPSA) is 38.0 Å². The Kier molecular flexibility index (Phi) is 3.35. The third-order valence-electron chi connectivity index (χ3n) is 2.38. The predicted octanol–water partition coefficient (Wildman–Crippen LogP) is 4.01. The van der Waals surface area contributed by atoms with Gasteiger partial charge >= 0.3 is 0 Å².